The minimum atomic E-state index is -0.931. The van der Waals surface area contributed by atoms with Crippen LogP contribution in [0.4, 0.5) is 0 Å². The maximum atomic E-state index is 9.95. The fourth-order valence-corrected chi connectivity index (χ4v) is 3.62. The molecule has 3 atom stereocenters. The molecule has 3 unspecified atom stereocenters. The summed E-state index contributed by atoms with van der Waals surface area (Å²) in [7, 11) is 0. The van der Waals surface area contributed by atoms with Crippen LogP contribution in [0.5, 0.6) is 0 Å². The molecule has 0 heterocycles. The standard InChI is InChI=1S/C10H22N2.C4H9NO2S/c1-9(2)4-8(12)5-10(3,6-9)7-11;1-8-2-3(5)4(6)7/h8H,4-7,11-12H2,1-3H3;3H,2,5H2,1H3,(H,6,7). The zero-order chi connectivity index (χ0) is 16.0. The van der Waals surface area contributed by atoms with Gasteiger partial charge in [0, 0.05) is 11.8 Å². The summed E-state index contributed by atoms with van der Waals surface area (Å²) in [5.41, 5.74) is 17.5. The highest BCUT2D eigenvalue weighted by Gasteiger charge is 2.38. The number of carboxylic acids is 1. The van der Waals surface area contributed by atoms with E-state index >= 15 is 0 Å². The van der Waals surface area contributed by atoms with E-state index < -0.39 is 12.0 Å². The van der Waals surface area contributed by atoms with Crippen molar-refractivity contribution in [1.29, 1.82) is 0 Å². The second-order valence-corrected chi connectivity index (χ2v) is 7.83. The van der Waals surface area contributed by atoms with Crippen molar-refractivity contribution in [3.63, 3.8) is 0 Å². The van der Waals surface area contributed by atoms with E-state index in [1.807, 2.05) is 6.26 Å². The average Bonchev–Trinajstić information content (AvgIpc) is 2.26. The first-order valence-electron chi connectivity index (χ1n) is 6.98. The van der Waals surface area contributed by atoms with Crippen LogP contribution in [0.1, 0.15) is 40.0 Å². The Morgan fingerprint density at radius 2 is 1.95 bits per heavy atom. The summed E-state index contributed by atoms with van der Waals surface area (Å²) < 4.78 is 0. The number of aliphatic carboxylic acids is 1. The Morgan fingerprint density at radius 1 is 1.40 bits per heavy atom. The van der Waals surface area contributed by atoms with Crippen molar-refractivity contribution >= 4 is 17.7 Å². The van der Waals surface area contributed by atoms with Crippen molar-refractivity contribution in [2.24, 2.45) is 28.0 Å². The molecule has 0 amide bonds. The molecule has 1 rings (SSSR count). The van der Waals surface area contributed by atoms with Crippen LogP contribution in [0.2, 0.25) is 0 Å². The van der Waals surface area contributed by atoms with E-state index in [1.54, 1.807) is 0 Å². The molecule has 1 saturated carbocycles. The summed E-state index contributed by atoms with van der Waals surface area (Å²) in [6.07, 6.45) is 5.27. The summed E-state index contributed by atoms with van der Waals surface area (Å²) in [6, 6.07) is -0.354. The highest BCUT2D eigenvalue weighted by atomic mass is 32.2. The molecule has 0 aromatic rings. The van der Waals surface area contributed by atoms with Gasteiger partial charge in [0.1, 0.15) is 6.04 Å². The van der Waals surface area contributed by atoms with E-state index in [4.69, 9.17) is 22.3 Å². The van der Waals surface area contributed by atoms with Crippen molar-refractivity contribution in [2.75, 3.05) is 18.6 Å². The van der Waals surface area contributed by atoms with E-state index in [0.717, 1.165) is 19.4 Å². The molecule has 20 heavy (non-hydrogen) atoms. The summed E-state index contributed by atoms with van der Waals surface area (Å²) >= 11 is 1.43. The normalized spacial score (nSPS) is 30.1. The Morgan fingerprint density at radius 3 is 2.25 bits per heavy atom. The Balaban J connectivity index is 0.000000396. The second kappa shape index (κ2) is 8.22. The third kappa shape index (κ3) is 7.47. The number of carbonyl (C=O) groups is 1. The molecule has 0 aromatic carbocycles. The minimum absolute atomic E-state index is 0.279. The lowest BCUT2D eigenvalue weighted by Crippen LogP contribution is -2.45. The van der Waals surface area contributed by atoms with Crippen molar-refractivity contribution in [1.82, 2.24) is 0 Å². The third-order valence-electron chi connectivity index (χ3n) is 3.63. The Bertz CT molecular complexity index is 313. The molecule has 1 fully saturated rings. The number of nitrogens with two attached hydrogens (primary N) is 3. The molecule has 0 saturated heterocycles. The molecule has 7 N–H and O–H groups in total. The first kappa shape index (κ1) is 19.7. The van der Waals surface area contributed by atoms with Crippen LogP contribution in [0.15, 0.2) is 0 Å². The van der Waals surface area contributed by atoms with Gasteiger partial charge in [0.05, 0.1) is 0 Å². The van der Waals surface area contributed by atoms with Gasteiger partial charge in [0.2, 0.25) is 0 Å². The molecular formula is C14H31N3O2S. The average molecular weight is 305 g/mol. The first-order valence-corrected chi connectivity index (χ1v) is 8.37. The van der Waals surface area contributed by atoms with Gasteiger partial charge in [0.15, 0.2) is 0 Å². The van der Waals surface area contributed by atoms with Gasteiger partial charge in [-0.3, -0.25) is 4.79 Å². The topological polar surface area (TPSA) is 115 Å². The SMILES string of the molecule is CC1(C)CC(N)CC(C)(CN)C1.CSCC(N)C(=O)O. The molecule has 1 aliphatic carbocycles. The van der Waals surface area contributed by atoms with Crippen molar-refractivity contribution in [2.45, 2.75) is 52.1 Å². The minimum Gasteiger partial charge on any atom is -0.480 e. The predicted octanol–water partition coefficient (Wildman–Crippen LogP) is 1.25. The van der Waals surface area contributed by atoms with Crippen LogP contribution < -0.4 is 17.2 Å². The predicted molar refractivity (Wildman–Crippen MR) is 86.8 cm³/mol. The molecule has 0 spiro atoms. The van der Waals surface area contributed by atoms with Gasteiger partial charge in [-0.2, -0.15) is 11.8 Å². The maximum Gasteiger partial charge on any atom is 0.321 e. The molecule has 0 bridgehead atoms. The van der Waals surface area contributed by atoms with Gasteiger partial charge < -0.3 is 22.3 Å². The molecular weight excluding hydrogens is 274 g/mol. The van der Waals surface area contributed by atoms with E-state index in [1.165, 1.54) is 18.2 Å². The van der Waals surface area contributed by atoms with Crippen LogP contribution in [-0.2, 0) is 4.79 Å². The fraction of sp³-hybridized carbons (Fsp3) is 0.929. The van der Waals surface area contributed by atoms with Crippen LogP contribution in [-0.4, -0.2) is 41.7 Å². The number of rotatable bonds is 4. The molecule has 0 radical (unpaired) electrons. The van der Waals surface area contributed by atoms with Crippen molar-refractivity contribution in [3.05, 3.63) is 0 Å². The highest BCUT2D eigenvalue weighted by molar-refractivity contribution is 7.98. The molecule has 1 aliphatic rings. The Hall–Kier alpha value is -0.300. The monoisotopic (exact) mass is 305 g/mol. The van der Waals surface area contributed by atoms with Gasteiger partial charge in [0.25, 0.3) is 0 Å². The molecule has 6 heteroatoms. The van der Waals surface area contributed by atoms with Crippen LogP contribution in [0.3, 0.4) is 0 Å². The summed E-state index contributed by atoms with van der Waals surface area (Å²) in [6.45, 7) is 7.61. The third-order valence-corrected chi connectivity index (χ3v) is 4.32. The summed E-state index contributed by atoms with van der Waals surface area (Å²) in [5.74, 6) is -0.450. The van der Waals surface area contributed by atoms with E-state index in [-0.39, 0.29) is 5.41 Å². The van der Waals surface area contributed by atoms with Crippen LogP contribution in [0.25, 0.3) is 0 Å². The lowest BCUT2D eigenvalue weighted by Gasteiger charge is -2.45. The largest absolute Gasteiger partial charge is 0.480 e. The van der Waals surface area contributed by atoms with Crippen molar-refractivity contribution < 1.29 is 9.90 Å². The molecule has 120 valence electrons. The van der Waals surface area contributed by atoms with Gasteiger partial charge in [-0.25, -0.2) is 0 Å². The van der Waals surface area contributed by atoms with E-state index in [0.29, 0.717) is 17.2 Å². The molecule has 5 nitrogen and oxygen atoms in total. The number of thioether (sulfide) groups is 1. The zero-order valence-corrected chi connectivity index (χ0v) is 14.0. The van der Waals surface area contributed by atoms with Crippen LogP contribution >= 0.6 is 11.8 Å². The first-order chi connectivity index (χ1) is 9.05. The second-order valence-electron chi connectivity index (χ2n) is 6.92. The summed E-state index contributed by atoms with van der Waals surface area (Å²) in [4.78, 5) is 9.95. The fourth-order valence-electron chi connectivity index (χ4n) is 3.12. The number of carboxylic acid groups (broad SMARTS) is 1. The van der Waals surface area contributed by atoms with Crippen molar-refractivity contribution in [3.8, 4) is 0 Å². The number of hydrogen-bond donors (Lipinski definition) is 4. The molecule has 0 aromatic heterocycles. The van der Waals surface area contributed by atoms with E-state index in [9.17, 15) is 4.79 Å². The van der Waals surface area contributed by atoms with Gasteiger partial charge in [-0.05, 0) is 42.9 Å². The maximum absolute atomic E-state index is 9.95. The van der Waals surface area contributed by atoms with Crippen LogP contribution in [0, 0.1) is 10.8 Å². The van der Waals surface area contributed by atoms with Gasteiger partial charge >= 0.3 is 5.97 Å². The zero-order valence-electron chi connectivity index (χ0n) is 13.2. The van der Waals surface area contributed by atoms with Gasteiger partial charge in [-0.1, -0.05) is 20.8 Å². The Labute approximate surface area is 127 Å². The lowest BCUT2D eigenvalue weighted by atomic mass is 9.63. The lowest BCUT2D eigenvalue weighted by molar-refractivity contribution is -0.137. The summed E-state index contributed by atoms with van der Waals surface area (Å²) in [5, 5.41) is 8.17. The van der Waals surface area contributed by atoms with E-state index in [2.05, 4.69) is 20.8 Å². The Kier molecular flexibility index (Phi) is 8.09. The highest BCUT2D eigenvalue weighted by Crippen LogP contribution is 2.44. The number of hydrogen-bond acceptors (Lipinski definition) is 5. The molecule has 0 aliphatic heterocycles. The quantitative estimate of drug-likeness (QED) is 0.621. The van der Waals surface area contributed by atoms with Gasteiger partial charge in [-0.15, -0.1) is 0 Å². The smallest absolute Gasteiger partial charge is 0.321 e.